The summed E-state index contributed by atoms with van der Waals surface area (Å²) in [6.45, 7) is 5.99. The fourth-order valence-corrected chi connectivity index (χ4v) is 2.96. The Labute approximate surface area is 173 Å². The molecule has 152 valence electrons. The molecule has 0 spiro atoms. The van der Waals surface area contributed by atoms with Crippen LogP contribution in [0, 0.1) is 20.8 Å². The second-order valence-corrected chi connectivity index (χ2v) is 7.05. The van der Waals surface area contributed by atoms with E-state index in [2.05, 4.69) is 30.5 Å². The first kappa shape index (κ1) is 19.4. The molecule has 30 heavy (non-hydrogen) atoms. The molecule has 0 aliphatic rings. The molecule has 8 heteroatoms. The van der Waals surface area contributed by atoms with Crippen LogP contribution < -0.4 is 10.1 Å². The van der Waals surface area contributed by atoms with Gasteiger partial charge in [-0.3, -0.25) is 9.89 Å². The molecule has 2 heterocycles. The van der Waals surface area contributed by atoms with E-state index in [9.17, 15) is 4.79 Å². The van der Waals surface area contributed by atoms with Gasteiger partial charge in [0.15, 0.2) is 0 Å². The number of nitrogens with one attached hydrogen (secondary N) is 2. The van der Waals surface area contributed by atoms with Gasteiger partial charge in [-0.25, -0.2) is 4.63 Å². The van der Waals surface area contributed by atoms with Gasteiger partial charge in [-0.05, 0) is 63.2 Å². The van der Waals surface area contributed by atoms with Gasteiger partial charge in [0, 0.05) is 16.8 Å². The predicted octanol–water partition coefficient (Wildman–Crippen LogP) is 4.22. The summed E-state index contributed by atoms with van der Waals surface area (Å²) in [6.07, 6.45) is 0. The minimum absolute atomic E-state index is 0.213. The molecule has 0 saturated heterocycles. The molecule has 0 bridgehead atoms. The number of nitrogens with zero attached hydrogens (tertiary/aromatic N) is 3. The first-order valence-corrected chi connectivity index (χ1v) is 9.45. The third-order valence-electron chi connectivity index (χ3n) is 4.64. The summed E-state index contributed by atoms with van der Waals surface area (Å²) in [5, 5.41) is 17.7. The maximum Gasteiger partial charge on any atom is 0.255 e. The van der Waals surface area contributed by atoms with Gasteiger partial charge in [0.05, 0.1) is 11.4 Å². The van der Waals surface area contributed by atoms with E-state index in [4.69, 9.17) is 4.74 Å². The summed E-state index contributed by atoms with van der Waals surface area (Å²) in [5.74, 6) is 0.410. The zero-order valence-electron chi connectivity index (χ0n) is 16.9. The summed E-state index contributed by atoms with van der Waals surface area (Å²) in [5.41, 5.74) is 6.23. The number of hydrogen-bond acceptors (Lipinski definition) is 6. The molecule has 4 rings (SSSR count). The molecule has 0 fully saturated rings. The standard InChI is InChI=1S/C22H21N5O3/c1-13-4-9-19(18(10-13)20-11-14(2)24-25-20)23-22(28)16-5-7-17(8-6-16)29-12-21-15(3)26-30-27-21/h4-11H,12H2,1-3H3,(H,23,28)(H,24,25). The second kappa shape index (κ2) is 8.20. The van der Waals surface area contributed by atoms with Crippen molar-refractivity contribution in [3.8, 4) is 17.0 Å². The fraction of sp³-hybridized carbons (Fsp3) is 0.182. The van der Waals surface area contributed by atoms with Gasteiger partial charge in [-0.2, -0.15) is 5.10 Å². The Morgan fingerprint density at radius 3 is 2.53 bits per heavy atom. The van der Waals surface area contributed by atoms with Crippen LogP contribution in [0.5, 0.6) is 5.75 Å². The Morgan fingerprint density at radius 1 is 1.07 bits per heavy atom. The normalized spacial score (nSPS) is 10.8. The Bertz CT molecular complexity index is 1180. The average Bonchev–Trinajstić information content (AvgIpc) is 3.36. The Hall–Kier alpha value is -3.94. The van der Waals surface area contributed by atoms with Crippen molar-refractivity contribution in [2.24, 2.45) is 0 Å². The third-order valence-corrected chi connectivity index (χ3v) is 4.64. The van der Waals surface area contributed by atoms with Crippen LogP contribution in [0.2, 0.25) is 0 Å². The molecule has 0 saturated carbocycles. The largest absolute Gasteiger partial charge is 0.487 e. The molecular formula is C22H21N5O3. The van der Waals surface area contributed by atoms with Gasteiger partial charge in [-0.15, -0.1) is 0 Å². The van der Waals surface area contributed by atoms with Gasteiger partial charge < -0.3 is 10.1 Å². The highest BCUT2D eigenvalue weighted by atomic mass is 16.6. The van der Waals surface area contributed by atoms with Gasteiger partial charge in [0.1, 0.15) is 23.7 Å². The molecule has 0 atom stereocenters. The second-order valence-electron chi connectivity index (χ2n) is 7.05. The first-order valence-electron chi connectivity index (χ1n) is 9.45. The fourth-order valence-electron chi connectivity index (χ4n) is 2.96. The molecule has 8 nitrogen and oxygen atoms in total. The maximum absolute atomic E-state index is 12.8. The molecule has 1 amide bonds. The van der Waals surface area contributed by atoms with Crippen molar-refractivity contribution in [3.05, 3.63) is 76.7 Å². The van der Waals surface area contributed by atoms with Crippen LogP contribution in [0.1, 0.15) is 33.0 Å². The van der Waals surface area contributed by atoms with Crippen molar-refractivity contribution in [2.75, 3.05) is 5.32 Å². The summed E-state index contributed by atoms with van der Waals surface area (Å²) >= 11 is 0. The van der Waals surface area contributed by atoms with Crippen LogP contribution in [0.15, 0.2) is 53.2 Å². The van der Waals surface area contributed by atoms with E-state index in [0.717, 1.165) is 22.5 Å². The van der Waals surface area contributed by atoms with Crippen LogP contribution >= 0.6 is 0 Å². The molecule has 4 aromatic rings. The summed E-state index contributed by atoms with van der Waals surface area (Å²) < 4.78 is 10.3. The molecule has 0 unspecified atom stereocenters. The van der Waals surface area contributed by atoms with Crippen molar-refractivity contribution in [3.63, 3.8) is 0 Å². The lowest BCUT2D eigenvalue weighted by atomic mass is 10.1. The SMILES string of the molecule is Cc1ccc(NC(=O)c2ccc(OCc3nonc3C)cc2)c(-c2cc(C)[nH]n2)c1. The van der Waals surface area contributed by atoms with Crippen molar-refractivity contribution >= 4 is 11.6 Å². The minimum atomic E-state index is -0.213. The number of aryl methyl sites for hydroxylation is 3. The van der Waals surface area contributed by atoms with E-state index in [1.165, 1.54) is 0 Å². The monoisotopic (exact) mass is 403 g/mol. The number of aromatic nitrogens is 4. The number of aromatic amines is 1. The molecule has 0 aliphatic carbocycles. The van der Waals surface area contributed by atoms with Gasteiger partial charge in [0.2, 0.25) is 0 Å². The number of carbonyl (C=O) groups is 1. The highest BCUT2D eigenvalue weighted by molar-refractivity contribution is 6.06. The highest BCUT2D eigenvalue weighted by Crippen LogP contribution is 2.28. The number of carbonyl (C=O) groups excluding carboxylic acids is 1. The average molecular weight is 403 g/mol. The van der Waals surface area contributed by atoms with Gasteiger partial charge >= 0.3 is 0 Å². The molecule has 2 aromatic carbocycles. The first-order chi connectivity index (χ1) is 14.5. The van der Waals surface area contributed by atoms with E-state index in [0.29, 0.717) is 28.4 Å². The van der Waals surface area contributed by atoms with Crippen LogP contribution in [0.25, 0.3) is 11.3 Å². The topological polar surface area (TPSA) is 106 Å². The summed E-state index contributed by atoms with van der Waals surface area (Å²) in [4.78, 5) is 12.8. The highest BCUT2D eigenvalue weighted by Gasteiger charge is 2.13. The van der Waals surface area contributed by atoms with Crippen molar-refractivity contribution in [1.82, 2.24) is 20.5 Å². The number of ether oxygens (including phenoxy) is 1. The van der Waals surface area contributed by atoms with E-state index in [1.54, 1.807) is 31.2 Å². The van der Waals surface area contributed by atoms with Crippen LogP contribution in [-0.4, -0.2) is 26.4 Å². The lowest BCUT2D eigenvalue weighted by Crippen LogP contribution is -2.12. The quantitative estimate of drug-likeness (QED) is 0.499. The third kappa shape index (κ3) is 4.22. The van der Waals surface area contributed by atoms with E-state index < -0.39 is 0 Å². The molecule has 2 N–H and O–H groups in total. The number of anilines is 1. The summed E-state index contributed by atoms with van der Waals surface area (Å²) in [7, 11) is 0. The van der Waals surface area contributed by atoms with Crippen molar-refractivity contribution < 1.29 is 14.2 Å². The molecule has 0 aliphatic heterocycles. The van der Waals surface area contributed by atoms with Crippen LogP contribution in [-0.2, 0) is 6.61 Å². The van der Waals surface area contributed by atoms with Crippen LogP contribution in [0.3, 0.4) is 0 Å². The number of H-pyrrole nitrogens is 1. The van der Waals surface area contributed by atoms with E-state index in [1.807, 2.05) is 38.1 Å². The van der Waals surface area contributed by atoms with E-state index in [-0.39, 0.29) is 12.5 Å². The number of amides is 1. The van der Waals surface area contributed by atoms with Crippen molar-refractivity contribution in [2.45, 2.75) is 27.4 Å². The zero-order chi connectivity index (χ0) is 21.1. The summed E-state index contributed by atoms with van der Waals surface area (Å²) in [6, 6.07) is 14.7. The molecule has 2 aromatic heterocycles. The number of rotatable bonds is 6. The lowest BCUT2D eigenvalue weighted by molar-refractivity contribution is 0.102. The van der Waals surface area contributed by atoms with Gasteiger partial charge in [-0.1, -0.05) is 21.9 Å². The number of hydrogen-bond donors (Lipinski definition) is 2. The smallest absolute Gasteiger partial charge is 0.255 e. The Balaban J connectivity index is 1.47. The van der Waals surface area contributed by atoms with Crippen molar-refractivity contribution in [1.29, 1.82) is 0 Å². The van der Waals surface area contributed by atoms with E-state index >= 15 is 0 Å². The maximum atomic E-state index is 12.8. The minimum Gasteiger partial charge on any atom is -0.487 e. The van der Waals surface area contributed by atoms with Crippen LogP contribution in [0.4, 0.5) is 5.69 Å². The number of benzene rings is 2. The predicted molar refractivity (Wildman–Crippen MR) is 111 cm³/mol. The zero-order valence-corrected chi connectivity index (χ0v) is 16.9. The molecular weight excluding hydrogens is 382 g/mol. The van der Waals surface area contributed by atoms with Gasteiger partial charge in [0.25, 0.3) is 5.91 Å². The Morgan fingerprint density at radius 2 is 1.87 bits per heavy atom. The Kier molecular flexibility index (Phi) is 5.30. The lowest BCUT2D eigenvalue weighted by Gasteiger charge is -2.11. The molecule has 0 radical (unpaired) electrons.